The standard InChI is InChI=1S/C15H12Cl2N2O/c1-9-3-2-4-14-18-15(13(8-20)19(9)14)10-5-6-11(16)12(17)7-10/h2-7,20H,8H2,1H3. The highest BCUT2D eigenvalue weighted by Crippen LogP contribution is 2.31. The third kappa shape index (κ3) is 2.08. The van der Waals surface area contributed by atoms with Gasteiger partial charge in [0, 0.05) is 11.3 Å². The van der Waals surface area contributed by atoms with Crippen molar-refractivity contribution >= 4 is 28.8 Å². The zero-order valence-electron chi connectivity index (χ0n) is 10.8. The van der Waals surface area contributed by atoms with Gasteiger partial charge in [0.1, 0.15) is 5.65 Å². The summed E-state index contributed by atoms with van der Waals surface area (Å²) in [5, 5.41) is 10.7. The number of aliphatic hydroxyl groups is 1. The van der Waals surface area contributed by atoms with Crippen LogP contribution in [0.2, 0.25) is 10.0 Å². The van der Waals surface area contributed by atoms with E-state index >= 15 is 0 Å². The number of hydrogen-bond acceptors (Lipinski definition) is 2. The summed E-state index contributed by atoms with van der Waals surface area (Å²) in [6.45, 7) is 1.88. The molecule has 3 rings (SSSR count). The molecule has 3 aromatic rings. The van der Waals surface area contributed by atoms with Crippen molar-refractivity contribution in [2.75, 3.05) is 0 Å². The van der Waals surface area contributed by atoms with Gasteiger partial charge in [-0.05, 0) is 31.2 Å². The molecule has 5 heteroatoms. The van der Waals surface area contributed by atoms with Crippen molar-refractivity contribution in [2.45, 2.75) is 13.5 Å². The molecule has 20 heavy (non-hydrogen) atoms. The molecule has 0 spiro atoms. The number of hydrogen-bond donors (Lipinski definition) is 1. The molecule has 1 N–H and O–H groups in total. The van der Waals surface area contributed by atoms with Crippen LogP contribution >= 0.6 is 23.2 Å². The van der Waals surface area contributed by atoms with Crippen molar-refractivity contribution in [1.82, 2.24) is 9.38 Å². The van der Waals surface area contributed by atoms with Gasteiger partial charge in [0.25, 0.3) is 0 Å². The molecule has 0 fully saturated rings. The number of rotatable bonds is 2. The van der Waals surface area contributed by atoms with Crippen LogP contribution in [0.4, 0.5) is 0 Å². The number of imidazole rings is 1. The largest absolute Gasteiger partial charge is 0.390 e. The first kappa shape index (κ1) is 13.4. The van der Waals surface area contributed by atoms with Crippen LogP contribution in [0.15, 0.2) is 36.4 Å². The average Bonchev–Trinajstić information content (AvgIpc) is 2.82. The quantitative estimate of drug-likeness (QED) is 0.773. The molecule has 0 saturated heterocycles. The summed E-state index contributed by atoms with van der Waals surface area (Å²) in [5.41, 5.74) is 4.13. The first-order chi connectivity index (χ1) is 9.61. The average molecular weight is 307 g/mol. The maximum atomic E-state index is 9.70. The molecule has 3 nitrogen and oxygen atoms in total. The second-order valence-corrected chi connectivity index (χ2v) is 5.37. The third-order valence-corrected chi connectivity index (χ3v) is 4.02. The fraction of sp³-hybridized carbons (Fsp3) is 0.133. The summed E-state index contributed by atoms with van der Waals surface area (Å²) in [6.07, 6.45) is 0. The van der Waals surface area contributed by atoms with Gasteiger partial charge in [-0.3, -0.25) is 4.40 Å². The second kappa shape index (κ2) is 5.09. The Labute approximate surface area is 126 Å². The third-order valence-electron chi connectivity index (χ3n) is 3.28. The predicted octanol–water partition coefficient (Wildman–Crippen LogP) is 4.11. The number of halogens is 2. The number of pyridine rings is 1. The van der Waals surface area contributed by atoms with E-state index in [1.807, 2.05) is 35.6 Å². The monoisotopic (exact) mass is 306 g/mol. The molecular weight excluding hydrogens is 295 g/mol. The summed E-state index contributed by atoms with van der Waals surface area (Å²) >= 11 is 12.0. The van der Waals surface area contributed by atoms with E-state index in [0.717, 1.165) is 28.3 Å². The van der Waals surface area contributed by atoms with Crippen LogP contribution in [0.3, 0.4) is 0 Å². The van der Waals surface area contributed by atoms with Gasteiger partial charge in [0.2, 0.25) is 0 Å². The van der Waals surface area contributed by atoms with Gasteiger partial charge in [-0.2, -0.15) is 0 Å². The van der Waals surface area contributed by atoms with Crippen LogP contribution < -0.4 is 0 Å². The maximum absolute atomic E-state index is 9.70. The fourth-order valence-electron chi connectivity index (χ4n) is 2.35. The van der Waals surface area contributed by atoms with Crippen LogP contribution in [0.1, 0.15) is 11.4 Å². The van der Waals surface area contributed by atoms with Gasteiger partial charge >= 0.3 is 0 Å². The van der Waals surface area contributed by atoms with Crippen LogP contribution in [-0.2, 0) is 6.61 Å². The van der Waals surface area contributed by atoms with Crippen LogP contribution in [0.25, 0.3) is 16.9 Å². The maximum Gasteiger partial charge on any atom is 0.137 e. The van der Waals surface area contributed by atoms with Crippen molar-refractivity contribution in [3.63, 3.8) is 0 Å². The fourth-order valence-corrected chi connectivity index (χ4v) is 2.64. The van der Waals surface area contributed by atoms with Gasteiger partial charge in [0.05, 0.1) is 28.0 Å². The van der Waals surface area contributed by atoms with Crippen molar-refractivity contribution < 1.29 is 5.11 Å². The number of aryl methyl sites for hydroxylation is 1. The normalized spacial score (nSPS) is 11.2. The first-order valence-corrected chi connectivity index (χ1v) is 6.90. The lowest BCUT2D eigenvalue weighted by Gasteiger charge is -2.05. The number of aromatic nitrogens is 2. The predicted molar refractivity (Wildman–Crippen MR) is 81.3 cm³/mol. The molecule has 2 heterocycles. The number of fused-ring (bicyclic) bond motifs is 1. The van der Waals surface area contributed by atoms with E-state index in [4.69, 9.17) is 23.2 Å². The van der Waals surface area contributed by atoms with Crippen molar-refractivity contribution in [3.05, 3.63) is 57.8 Å². The van der Waals surface area contributed by atoms with Crippen molar-refractivity contribution in [2.24, 2.45) is 0 Å². The molecular formula is C15H12Cl2N2O. The Bertz CT molecular complexity index is 796. The lowest BCUT2D eigenvalue weighted by molar-refractivity contribution is 0.276. The van der Waals surface area contributed by atoms with Crippen LogP contribution in [0.5, 0.6) is 0 Å². The molecule has 0 aliphatic rings. The van der Waals surface area contributed by atoms with Gasteiger partial charge in [-0.25, -0.2) is 4.98 Å². The van der Waals surface area contributed by atoms with Gasteiger partial charge in [0.15, 0.2) is 0 Å². The Hall–Kier alpha value is -1.55. The van der Waals surface area contributed by atoms with E-state index in [1.54, 1.807) is 12.1 Å². The molecule has 2 aromatic heterocycles. The van der Waals surface area contributed by atoms with Gasteiger partial charge in [-0.1, -0.05) is 35.3 Å². The summed E-state index contributed by atoms with van der Waals surface area (Å²) in [7, 11) is 0. The summed E-state index contributed by atoms with van der Waals surface area (Å²) in [4.78, 5) is 4.59. The van der Waals surface area contributed by atoms with E-state index in [-0.39, 0.29) is 6.61 Å². The highest BCUT2D eigenvalue weighted by atomic mass is 35.5. The minimum Gasteiger partial charge on any atom is -0.390 e. The van der Waals surface area contributed by atoms with E-state index in [2.05, 4.69) is 4.98 Å². The minimum atomic E-state index is -0.0956. The first-order valence-electron chi connectivity index (χ1n) is 6.15. The topological polar surface area (TPSA) is 37.5 Å². The molecule has 0 saturated carbocycles. The molecule has 0 amide bonds. The zero-order chi connectivity index (χ0) is 14.3. The van der Waals surface area contributed by atoms with Gasteiger partial charge < -0.3 is 5.11 Å². The highest BCUT2D eigenvalue weighted by molar-refractivity contribution is 6.42. The van der Waals surface area contributed by atoms with Crippen molar-refractivity contribution in [1.29, 1.82) is 0 Å². The Morgan fingerprint density at radius 3 is 2.65 bits per heavy atom. The molecule has 0 unspecified atom stereocenters. The van der Waals surface area contributed by atoms with Gasteiger partial charge in [-0.15, -0.1) is 0 Å². The molecule has 0 bridgehead atoms. The summed E-state index contributed by atoms with van der Waals surface area (Å²) in [6, 6.07) is 11.2. The Morgan fingerprint density at radius 1 is 1.15 bits per heavy atom. The van der Waals surface area contributed by atoms with E-state index in [0.29, 0.717) is 10.0 Å². The second-order valence-electron chi connectivity index (χ2n) is 4.55. The van der Waals surface area contributed by atoms with Crippen LogP contribution in [0, 0.1) is 6.92 Å². The smallest absolute Gasteiger partial charge is 0.137 e. The lowest BCUT2D eigenvalue weighted by atomic mass is 10.1. The Kier molecular flexibility index (Phi) is 3.42. The Balaban J connectivity index is 2.30. The number of nitrogens with zero attached hydrogens (tertiary/aromatic N) is 2. The molecule has 0 aliphatic heterocycles. The van der Waals surface area contributed by atoms with E-state index in [9.17, 15) is 5.11 Å². The molecule has 102 valence electrons. The summed E-state index contributed by atoms with van der Waals surface area (Å²) in [5.74, 6) is 0. The molecule has 1 aromatic carbocycles. The highest BCUT2D eigenvalue weighted by Gasteiger charge is 2.15. The number of aliphatic hydroxyl groups excluding tert-OH is 1. The van der Waals surface area contributed by atoms with Crippen LogP contribution in [-0.4, -0.2) is 14.5 Å². The lowest BCUT2D eigenvalue weighted by Crippen LogP contribution is -1.97. The van der Waals surface area contributed by atoms with E-state index < -0.39 is 0 Å². The number of benzene rings is 1. The Morgan fingerprint density at radius 2 is 1.95 bits per heavy atom. The zero-order valence-corrected chi connectivity index (χ0v) is 12.3. The van der Waals surface area contributed by atoms with Crippen molar-refractivity contribution in [3.8, 4) is 11.3 Å². The minimum absolute atomic E-state index is 0.0956. The SMILES string of the molecule is Cc1cccc2nc(-c3ccc(Cl)c(Cl)c3)c(CO)n12. The molecule has 0 radical (unpaired) electrons. The molecule has 0 aliphatic carbocycles. The van der Waals surface area contributed by atoms with E-state index in [1.165, 1.54) is 0 Å². The summed E-state index contributed by atoms with van der Waals surface area (Å²) < 4.78 is 1.94. The molecule has 0 atom stereocenters.